The van der Waals surface area contributed by atoms with E-state index in [9.17, 15) is 13.2 Å². The maximum Gasteiger partial charge on any atom is 0.269 e. The quantitative estimate of drug-likeness (QED) is 0.180. The number of hydrogen-bond acceptors (Lipinski definition) is 8. The topological polar surface area (TPSA) is 160 Å². The lowest BCUT2D eigenvalue weighted by molar-refractivity contribution is -0.114. The zero-order chi connectivity index (χ0) is 16.3. The summed E-state index contributed by atoms with van der Waals surface area (Å²) in [6.07, 6.45) is 0. The Bertz CT molecular complexity index is 651. The van der Waals surface area contributed by atoms with Gasteiger partial charge in [0.25, 0.3) is 10.0 Å². The Morgan fingerprint density at radius 2 is 2.10 bits per heavy atom. The lowest BCUT2D eigenvalue weighted by Crippen LogP contribution is -2.42. The lowest BCUT2D eigenvalue weighted by Gasteiger charge is -2.22. The molecule has 21 heavy (non-hydrogen) atoms. The fraction of sp³-hybridized carbons (Fsp3) is 0.556. The molecule has 0 saturated heterocycles. The molecular formula is C9H16N6O4S2. The van der Waals surface area contributed by atoms with Gasteiger partial charge in [-0.3, -0.25) is 4.79 Å². The Hall–Kier alpha value is -1.79. The molecule has 1 amide bonds. The number of amides is 1. The van der Waals surface area contributed by atoms with Crippen molar-refractivity contribution >= 4 is 38.2 Å². The van der Waals surface area contributed by atoms with E-state index in [2.05, 4.69) is 25.4 Å². The molecule has 0 aliphatic carbocycles. The monoisotopic (exact) mass is 336 g/mol. The molecular weight excluding hydrogens is 320 g/mol. The van der Waals surface area contributed by atoms with Crippen LogP contribution in [0.25, 0.3) is 0 Å². The van der Waals surface area contributed by atoms with Gasteiger partial charge in [0.05, 0.1) is 0 Å². The van der Waals surface area contributed by atoms with Gasteiger partial charge in [0.15, 0.2) is 0 Å². The molecule has 12 heteroatoms. The number of nitrogens with two attached hydrogens (primary N) is 1. The zero-order valence-electron chi connectivity index (χ0n) is 11.6. The molecule has 1 aromatic rings. The maximum atomic E-state index is 12.0. The second-order valence-electron chi connectivity index (χ2n) is 4.75. The molecule has 0 atom stereocenters. The average molecular weight is 336 g/mol. The van der Waals surface area contributed by atoms with Crippen LogP contribution in [0.5, 0.6) is 0 Å². The van der Waals surface area contributed by atoms with Gasteiger partial charge in [-0.2, -0.15) is 0 Å². The van der Waals surface area contributed by atoms with Gasteiger partial charge >= 0.3 is 0 Å². The van der Waals surface area contributed by atoms with Crippen molar-refractivity contribution in [2.24, 2.45) is 16.3 Å². The molecule has 0 saturated carbocycles. The van der Waals surface area contributed by atoms with Gasteiger partial charge in [0, 0.05) is 18.9 Å². The van der Waals surface area contributed by atoms with E-state index >= 15 is 0 Å². The van der Waals surface area contributed by atoms with Crippen LogP contribution in [0.15, 0.2) is 9.50 Å². The van der Waals surface area contributed by atoms with Crippen LogP contribution in [-0.2, 0) is 14.8 Å². The Morgan fingerprint density at radius 3 is 2.62 bits per heavy atom. The first-order chi connectivity index (χ1) is 9.58. The predicted molar refractivity (Wildman–Crippen MR) is 76.6 cm³/mol. The molecule has 5 N–H and O–H groups in total. The van der Waals surface area contributed by atoms with E-state index in [0.29, 0.717) is 0 Å². The van der Waals surface area contributed by atoms with Crippen LogP contribution >= 0.6 is 11.3 Å². The fourth-order valence-corrected chi connectivity index (χ4v) is 3.28. The van der Waals surface area contributed by atoms with Gasteiger partial charge in [-0.05, 0) is 0 Å². The first-order valence-corrected chi connectivity index (χ1v) is 7.97. The van der Waals surface area contributed by atoms with Crippen LogP contribution in [-0.4, -0.2) is 42.1 Å². The van der Waals surface area contributed by atoms with Crippen molar-refractivity contribution in [2.45, 2.75) is 25.1 Å². The molecule has 0 bridgehead atoms. The molecule has 10 nitrogen and oxygen atoms in total. The number of carbonyl (C=O) groups is 1. The molecule has 0 aromatic carbocycles. The van der Waals surface area contributed by atoms with Crippen LogP contribution in [0.4, 0.5) is 5.13 Å². The third kappa shape index (κ3) is 4.61. The van der Waals surface area contributed by atoms with Gasteiger partial charge in [-0.1, -0.05) is 30.3 Å². The second kappa shape index (κ2) is 6.32. The molecule has 0 spiro atoms. The molecule has 0 fully saturated rings. The summed E-state index contributed by atoms with van der Waals surface area (Å²) in [4.78, 5) is 10.8. The summed E-state index contributed by atoms with van der Waals surface area (Å²) in [6.45, 7) is 4.38. The molecule has 0 radical (unpaired) electrons. The van der Waals surface area contributed by atoms with Gasteiger partial charge < -0.3 is 16.3 Å². The van der Waals surface area contributed by atoms with Crippen LogP contribution in [0.3, 0.4) is 0 Å². The molecule has 0 aliphatic rings. The Kier molecular flexibility index (Phi) is 5.20. The smallest absolute Gasteiger partial charge is 0.269 e. The van der Waals surface area contributed by atoms with Crippen LogP contribution in [0.2, 0.25) is 0 Å². The minimum Gasteiger partial charge on any atom is -0.409 e. The number of aromatic nitrogens is 2. The highest BCUT2D eigenvalue weighted by atomic mass is 32.2. The normalized spacial score (nSPS) is 13.2. The zero-order valence-corrected chi connectivity index (χ0v) is 13.2. The first kappa shape index (κ1) is 17.3. The van der Waals surface area contributed by atoms with Crippen molar-refractivity contribution in [2.75, 3.05) is 11.9 Å². The summed E-state index contributed by atoms with van der Waals surface area (Å²) in [7, 11) is -3.90. The fourth-order valence-electron chi connectivity index (χ4n) is 1.08. The largest absolute Gasteiger partial charge is 0.409 e. The van der Waals surface area contributed by atoms with E-state index in [1.54, 1.807) is 13.8 Å². The standard InChI is InChI=1S/C9H16N6O4S2/c1-5(16)12-7-13-14-8(20-7)21(18,19)11-4-9(2,3)6(10)15-17/h11,17H,4H2,1-3H3,(H2,10,15)(H,12,13,16). The second-order valence-corrected chi connectivity index (χ2v) is 7.67. The number of hydrogen-bond donors (Lipinski definition) is 4. The maximum absolute atomic E-state index is 12.0. The summed E-state index contributed by atoms with van der Waals surface area (Å²) >= 11 is 0.717. The average Bonchev–Trinajstić information content (AvgIpc) is 2.84. The van der Waals surface area contributed by atoms with Crippen molar-refractivity contribution in [1.82, 2.24) is 14.9 Å². The van der Waals surface area contributed by atoms with Crippen molar-refractivity contribution < 1.29 is 18.4 Å². The number of nitrogens with one attached hydrogen (secondary N) is 2. The summed E-state index contributed by atoms with van der Waals surface area (Å²) in [5.74, 6) is -0.488. The summed E-state index contributed by atoms with van der Waals surface area (Å²) in [6, 6.07) is 0. The number of nitrogens with zero attached hydrogens (tertiary/aromatic N) is 3. The Balaban J connectivity index is 2.83. The molecule has 1 rings (SSSR count). The molecule has 1 heterocycles. The minimum atomic E-state index is -3.90. The number of oxime groups is 1. The van der Waals surface area contributed by atoms with Crippen molar-refractivity contribution in [3.8, 4) is 0 Å². The highest BCUT2D eigenvalue weighted by molar-refractivity contribution is 7.91. The van der Waals surface area contributed by atoms with Crippen molar-refractivity contribution in [3.63, 3.8) is 0 Å². The van der Waals surface area contributed by atoms with Crippen molar-refractivity contribution in [1.29, 1.82) is 0 Å². The van der Waals surface area contributed by atoms with Crippen LogP contribution < -0.4 is 15.8 Å². The highest BCUT2D eigenvalue weighted by Gasteiger charge is 2.28. The lowest BCUT2D eigenvalue weighted by atomic mass is 9.93. The molecule has 118 valence electrons. The van der Waals surface area contributed by atoms with Gasteiger partial charge in [-0.15, -0.1) is 10.2 Å². The highest BCUT2D eigenvalue weighted by Crippen LogP contribution is 2.21. The van der Waals surface area contributed by atoms with E-state index in [1.165, 1.54) is 6.92 Å². The summed E-state index contributed by atoms with van der Waals surface area (Å²) < 4.78 is 26.1. The van der Waals surface area contributed by atoms with Gasteiger partial charge in [0.1, 0.15) is 5.84 Å². The van der Waals surface area contributed by atoms with Gasteiger partial charge in [-0.25, -0.2) is 13.1 Å². The minimum absolute atomic E-state index is 0.0820. The number of sulfonamides is 1. The molecule has 0 aliphatic heterocycles. The van der Waals surface area contributed by atoms with E-state index in [-0.39, 0.29) is 27.8 Å². The predicted octanol–water partition coefficient (Wildman–Crippen LogP) is -0.453. The van der Waals surface area contributed by atoms with Crippen LogP contribution in [0, 0.1) is 5.41 Å². The first-order valence-electron chi connectivity index (χ1n) is 5.67. The molecule has 1 aromatic heterocycles. The Labute approximate surface area is 125 Å². The van der Waals surface area contributed by atoms with Crippen molar-refractivity contribution in [3.05, 3.63) is 0 Å². The number of amidine groups is 1. The number of rotatable bonds is 6. The third-order valence-corrected chi connectivity index (χ3v) is 5.03. The Morgan fingerprint density at radius 1 is 1.48 bits per heavy atom. The van der Waals surface area contributed by atoms with Crippen LogP contribution in [0.1, 0.15) is 20.8 Å². The van der Waals surface area contributed by atoms with Gasteiger partial charge in [0.2, 0.25) is 15.4 Å². The van der Waals surface area contributed by atoms with E-state index in [1.807, 2.05) is 0 Å². The third-order valence-electron chi connectivity index (χ3n) is 2.42. The van der Waals surface area contributed by atoms with E-state index in [4.69, 9.17) is 10.9 Å². The number of carbonyl (C=O) groups excluding carboxylic acids is 1. The summed E-state index contributed by atoms with van der Waals surface area (Å²) in [5, 5.41) is 21.0. The van der Waals surface area contributed by atoms with E-state index < -0.39 is 15.4 Å². The van der Waals surface area contributed by atoms with E-state index in [0.717, 1.165) is 11.3 Å². The summed E-state index contributed by atoms with van der Waals surface area (Å²) in [5.41, 5.74) is 4.59. The SMILES string of the molecule is CC(=O)Nc1nnc(S(=O)(=O)NCC(C)(C)C(N)=NO)s1. The molecule has 0 unspecified atom stereocenters. The number of anilines is 1.